The van der Waals surface area contributed by atoms with Crippen LogP contribution in [-0.4, -0.2) is 22.1 Å². The largest absolute Gasteiger partial charge is 0.366 e. The van der Waals surface area contributed by atoms with E-state index in [0.717, 1.165) is 27.6 Å². The van der Waals surface area contributed by atoms with Crippen molar-refractivity contribution in [1.82, 2.24) is 9.97 Å². The van der Waals surface area contributed by atoms with Gasteiger partial charge in [-0.25, -0.2) is 9.97 Å². The molecule has 8 heteroatoms. The third-order valence-corrected chi connectivity index (χ3v) is 4.89. The molecule has 3 aromatic carbocycles. The molecule has 0 bridgehead atoms. The molecular weight excluding hydrogens is 390 g/mol. The highest BCUT2D eigenvalue weighted by Gasteiger charge is 2.19. The summed E-state index contributed by atoms with van der Waals surface area (Å²) in [6.07, 6.45) is 4.89. The fourth-order valence-electron chi connectivity index (χ4n) is 3.40. The van der Waals surface area contributed by atoms with Crippen molar-refractivity contribution < 1.29 is 4.79 Å². The Labute approximate surface area is 179 Å². The maximum absolute atomic E-state index is 12.1. The predicted octanol–water partition coefficient (Wildman–Crippen LogP) is 2.95. The van der Waals surface area contributed by atoms with E-state index in [0.29, 0.717) is 23.7 Å². The smallest absolute Gasteiger partial charge is 0.248 e. The summed E-state index contributed by atoms with van der Waals surface area (Å²) in [5, 5.41) is 5.31. The van der Waals surface area contributed by atoms with Gasteiger partial charge in [-0.3, -0.25) is 9.69 Å². The monoisotopic (exact) mass is 411 g/mol. The summed E-state index contributed by atoms with van der Waals surface area (Å²) in [4.78, 5) is 22.8. The predicted molar refractivity (Wildman–Crippen MR) is 122 cm³/mol. The highest BCUT2D eigenvalue weighted by Crippen LogP contribution is 2.38. The highest BCUT2D eigenvalue weighted by atomic mass is 16.1. The van der Waals surface area contributed by atoms with Gasteiger partial charge in [-0.1, -0.05) is 24.3 Å². The normalized spacial score (nSPS) is 11.1. The van der Waals surface area contributed by atoms with Crippen LogP contribution in [0.3, 0.4) is 0 Å². The van der Waals surface area contributed by atoms with Crippen LogP contribution < -0.4 is 22.2 Å². The molecule has 0 atom stereocenters. The molecule has 154 valence electrons. The van der Waals surface area contributed by atoms with Gasteiger partial charge >= 0.3 is 0 Å². The van der Waals surface area contributed by atoms with Gasteiger partial charge in [0.05, 0.1) is 11.9 Å². The summed E-state index contributed by atoms with van der Waals surface area (Å²) in [6.45, 7) is 0.435. The zero-order chi connectivity index (χ0) is 21.8. The van der Waals surface area contributed by atoms with Gasteiger partial charge < -0.3 is 17.3 Å². The molecule has 8 nitrogen and oxygen atoms in total. The molecule has 6 N–H and O–H groups in total. The molecule has 4 rings (SSSR count). The van der Waals surface area contributed by atoms with E-state index in [1.54, 1.807) is 36.8 Å². The average molecular weight is 411 g/mol. The summed E-state index contributed by atoms with van der Waals surface area (Å²) < 4.78 is 0. The molecule has 0 aliphatic heterocycles. The average Bonchev–Trinajstić information content (AvgIpc) is 2.80. The first-order valence-corrected chi connectivity index (χ1v) is 9.57. The molecule has 0 saturated carbocycles. The second kappa shape index (κ2) is 8.60. The molecule has 1 aromatic heterocycles. The number of hydrogen-bond acceptors (Lipinski definition) is 7. The van der Waals surface area contributed by atoms with Gasteiger partial charge in [0.15, 0.2) is 0 Å². The molecule has 31 heavy (non-hydrogen) atoms. The molecule has 0 fully saturated rings. The first-order valence-electron chi connectivity index (χ1n) is 9.57. The number of anilines is 3. The van der Waals surface area contributed by atoms with Crippen LogP contribution in [0, 0.1) is 0 Å². The van der Waals surface area contributed by atoms with Crippen LogP contribution in [0.2, 0.25) is 0 Å². The molecule has 0 aliphatic rings. The Kier molecular flexibility index (Phi) is 5.55. The number of nitrogens with zero attached hydrogens (tertiary/aromatic N) is 4. The molecule has 0 unspecified atom stereocenters. The minimum absolute atomic E-state index is 0.377. The van der Waals surface area contributed by atoms with E-state index in [4.69, 9.17) is 17.3 Å². The second-order valence-corrected chi connectivity index (χ2v) is 6.87. The van der Waals surface area contributed by atoms with Crippen molar-refractivity contribution in [3.8, 4) is 0 Å². The fraction of sp³-hybridized carbons (Fsp3) is 0.0435. The number of benzene rings is 3. The quantitative estimate of drug-likeness (QED) is 0.253. The van der Waals surface area contributed by atoms with E-state index in [-0.39, 0.29) is 0 Å². The molecule has 1 heterocycles. The number of amides is 1. The molecule has 0 aliphatic carbocycles. The zero-order valence-corrected chi connectivity index (χ0v) is 16.6. The van der Waals surface area contributed by atoms with Crippen molar-refractivity contribution in [3.05, 3.63) is 89.7 Å². The van der Waals surface area contributed by atoms with E-state index in [1.165, 1.54) is 0 Å². The molecule has 1 amide bonds. The van der Waals surface area contributed by atoms with Gasteiger partial charge in [0.25, 0.3) is 0 Å². The Balaban J connectivity index is 2.03. The number of fused-ring (bicyclic) bond motifs is 1. The second-order valence-electron chi connectivity index (χ2n) is 6.87. The number of hydrazone groups is 1. The third kappa shape index (κ3) is 4.05. The number of carbonyl (C=O) groups is 1. The SMILES string of the molecule is NCc1ccc(N(c2ncccn2)c2cc(C(N)=O)cc3ccc(/C=N\N)cc23)cc1. The highest BCUT2D eigenvalue weighted by molar-refractivity contribution is 6.06. The molecule has 4 aromatic rings. The van der Waals surface area contributed by atoms with E-state index < -0.39 is 5.91 Å². The molecule has 0 saturated heterocycles. The van der Waals surface area contributed by atoms with E-state index in [1.807, 2.05) is 47.4 Å². The van der Waals surface area contributed by atoms with Crippen LogP contribution in [0.15, 0.2) is 78.2 Å². The Morgan fingerprint density at radius 3 is 2.42 bits per heavy atom. The van der Waals surface area contributed by atoms with Crippen molar-refractivity contribution in [3.63, 3.8) is 0 Å². The Morgan fingerprint density at radius 1 is 1.03 bits per heavy atom. The van der Waals surface area contributed by atoms with Gasteiger partial charge in [0, 0.05) is 35.6 Å². The lowest BCUT2D eigenvalue weighted by Crippen LogP contribution is -2.16. The van der Waals surface area contributed by atoms with Gasteiger partial charge in [-0.15, -0.1) is 0 Å². The number of hydrogen-bond donors (Lipinski definition) is 3. The van der Waals surface area contributed by atoms with Gasteiger partial charge in [0.1, 0.15) is 0 Å². The van der Waals surface area contributed by atoms with Crippen LogP contribution in [0.1, 0.15) is 21.5 Å². The number of primary amides is 1. The fourth-order valence-corrected chi connectivity index (χ4v) is 3.40. The number of carbonyl (C=O) groups excluding carboxylic acids is 1. The third-order valence-electron chi connectivity index (χ3n) is 4.89. The van der Waals surface area contributed by atoms with Gasteiger partial charge in [0.2, 0.25) is 11.9 Å². The summed E-state index contributed by atoms with van der Waals surface area (Å²) in [5.74, 6) is 5.27. The summed E-state index contributed by atoms with van der Waals surface area (Å²) in [6, 6.07) is 18.7. The van der Waals surface area contributed by atoms with Crippen LogP contribution >= 0.6 is 0 Å². The van der Waals surface area contributed by atoms with E-state index >= 15 is 0 Å². The minimum Gasteiger partial charge on any atom is -0.366 e. The summed E-state index contributed by atoms with van der Waals surface area (Å²) in [7, 11) is 0. The van der Waals surface area contributed by atoms with Crippen LogP contribution in [0.4, 0.5) is 17.3 Å². The van der Waals surface area contributed by atoms with Crippen molar-refractivity contribution in [2.24, 2.45) is 22.4 Å². The first kappa shape index (κ1) is 20.0. The van der Waals surface area contributed by atoms with E-state index in [9.17, 15) is 4.79 Å². The molecule has 0 radical (unpaired) electrons. The lowest BCUT2D eigenvalue weighted by molar-refractivity contribution is 0.100. The number of rotatable bonds is 6. The molecular formula is C23H21N7O. The van der Waals surface area contributed by atoms with E-state index in [2.05, 4.69) is 15.1 Å². The molecule has 0 spiro atoms. The Morgan fingerprint density at radius 2 is 1.77 bits per heavy atom. The summed E-state index contributed by atoms with van der Waals surface area (Å²) >= 11 is 0. The first-order chi connectivity index (χ1) is 15.1. The van der Waals surface area contributed by atoms with Crippen LogP contribution in [0.5, 0.6) is 0 Å². The van der Waals surface area contributed by atoms with Crippen molar-refractivity contribution in [2.45, 2.75) is 6.54 Å². The summed E-state index contributed by atoms with van der Waals surface area (Å²) in [5.41, 5.74) is 15.1. The Hall–Kier alpha value is -4.30. The number of aromatic nitrogens is 2. The van der Waals surface area contributed by atoms with Crippen LogP contribution in [0.25, 0.3) is 10.8 Å². The standard InChI is InChI=1S/C23H21N7O/c24-13-15-3-6-19(7-4-15)30(23-27-8-1-9-28-23)21-12-18(22(25)31)11-17-5-2-16(14-29-26)10-20(17)21/h1-12,14H,13,24,26H2,(H2,25,31)/b29-14-. The number of nitrogens with two attached hydrogens (primary N) is 3. The Bertz CT molecular complexity index is 1250. The van der Waals surface area contributed by atoms with Crippen LogP contribution in [-0.2, 0) is 6.54 Å². The maximum Gasteiger partial charge on any atom is 0.248 e. The van der Waals surface area contributed by atoms with Gasteiger partial charge in [-0.05, 0) is 52.9 Å². The lowest BCUT2D eigenvalue weighted by atomic mass is 10.0. The maximum atomic E-state index is 12.1. The van der Waals surface area contributed by atoms with Crippen molar-refractivity contribution in [2.75, 3.05) is 4.90 Å². The minimum atomic E-state index is -0.525. The van der Waals surface area contributed by atoms with Crippen molar-refractivity contribution in [1.29, 1.82) is 0 Å². The van der Waals surface area contributed by atoms with Crippen molar-refractivity contribution >= 4 is 40.2 Å². The zero-order valence-electron chi connectivity index (χ0n) is 16.6. The lowest BCUT2D eigenvalue weighted by Gasteiger charge is -2.25. The van der Waals surface area contributed by atoms with Gasteiger partial charge in [-0.2, -0.15) is 5.10 Å². The topological polar surface area (TPSA) is 137 Å².